The number of nitrogens with one attached hydrogen (secondary N) is 1. The summed E-state index contributed by atoms with van der Waals surface area (Å²) in [6.45, 7) is 3.68. The van der Waals surface area contributed by atoms with Gasteiger partial charge in [-0.15, -0.1) is 17.8 Å². The van der Waals surface area contributed by atoms with E-state index in [4.69, 9.17) is 6.42 Å². The third kappa shape index (κ3) is 3.08. The molecule has 3 nitrogen and oxygen atoms in total. The van der Waals surface area contributed by atoms with Crippen LogP contribution in [0.25, 0.3) is 0 Å². The molecule has 1 unspecified atom stereocenters. The summed E-state index contributed by atoms with van der Waals surface area (Å²) < 4.78 is 27.4. The van der Waals surface area contributed by atoms with Crippen molar-refractivity contribution in [1.82, 2.24) is 4.72 Å². The first-order valence-corrected chi connectivity index (χ1v) is 7.74. The smallest absolute Gasteiger partial charge is 0.206 e. The van der Waals surface area contributed by atoms with E-state index < -0.39 is 16.1 Å². The first-order valence-electron chi connectivity index (χ1n) is 4.65. The molecular weight excluding hydrogens is 310 g/mol. The molecule has 1 aromatic heterocycles. The van der Waals surface area contributed by atoms with Crippen LogP contribution in [0.15, 0.2) is 14.1 Å². The van der Waals surface area contributed by atoms with Crippen LogP contribution in [0.1, 0.15) is 18.9 Å². The molecule has 1 atom stereocenters. The largest absolute Gasteiger partial charge is 0.251 e. The molecule has 88 valence electrons. The van der Waals surface area contributed by atoms with E-state index in [9.17, 15) is 8.42 Å². The molecule has 1 rings (SSSR count). The molecule has 0 saturated carbocycles. The zero-order valence-electron chi connectivity index (χ0n) is 8.95. The molecule has 6 heteroatoms. The summed E-state index contributed by atoms with van der Waals surface area (Å²) in [5.41, 5.74) is 0.902. The zero-order chi connectivity index (χ0) is 12.3. The van der Waals surface area contributed by atoms with Gasteiger partial charge in [-0.2, -0.15) is 4.72 Å². The Morgan fingerprint density at radius 3 is 2.69 bits per heavy atom. The van der Waals surface area contributed by atoms with E-state index in [1.54, 1.807) is 6.07 Å². The lowest BCUT2D eigenvalue weighted by molar-refractivity contribution is 0.572. The minimum atomic E-state index is -3.49. The molecule has 0 aliphatic carbocycles. The van der Waals surface area contributed by atoms with Crippen LogP contribution in [0.4, 0.5) is 0 Å². The van der Waals surface area contributed by atoms with Crippen LogP contribution in [-0.4, -0.2) is 14.5 Å². The van der Waals surface area contributed by atoms with Crippen LogP contribution in [0.2, 0.25) is 0 Å². The third-order valence-electron chi connectivity index (χ3n) is 2.01. The number of sulfonamides is 1. The molecular formula is C10H12BrNO2S2. The zero-order valence-corrected chi connectivity index (χ0v) is 12.2. The van der Waals surface area contributed by atoms with Crippen molar-refractivity contribution in [1.29, 1.82) is 0 Å². The fourth-order valence-electron chi connectivity index (χ4n) is 1.04. The van der Waals surface area contributed by atoms with E-state index >= 15 is 0 Å². The Morgan fingerprint density at radius 2 is 2.31 bits per heavy atom. The molecule has 0 fully saturated rings. The fraction of sp³-hybridized carbons (Fsp3) is 0.400. The van der Waals surface area contributed by atoms with Gasteiger partial charge >= 0.3 is 0 Å². The number of aryl methyl sites for hydroxylation is 1. The molecule has 0 amide bonds. The first kappa shape index (κ1) is 13.7. The monoisotopic (exact) mass is 321 g/mol. The predicted molar refractivity (Wildman–Crippen MR) is 70.0 cm³/mol. The molecule has 0 bridgehead atoms. The average Bonchev–Trinajstić information content (AvgIpc) is 2.56. The van der Waals surface area contributed by atoms with Gasteiger partial charge in [-0.1, -0.05) is 12.8 Å². The van der Waals surface area contributed by atoms with Gasteiger partial charge in [0, 0.05) is 0 Å². The molecule has 0 radical (unpaired) electrons. The van der Waals surface area contributed by atoms with Crippen molar-refractivity contribution in [3.63, 3.8) is 0 Å². The average molecular weight is 322 g/mol. The molecule has 0 aliphatic heterocycles. The quantitative estimate of drug-likeness (QED) is 0.866. The van der Waals surface area contributed by atoms with Crippen LogP contribution in [0.3, 0.4) is 0 Å². The first-order chi connectivity index (χ1) is 7.40. The summed E-state index contributed by atoms with van der Waals surface area (Å²) >= 11 is 4.48. The molecule has 1 heterocycles. The Hall–Kier alpha value is -0.350. The Kier molecular flexibility index (Phi) is 4.56. The molecule has 16 heavy (non-hydrogen) atoms. The topological polar surface area (TPSA) is 46.2 Å². The maximum Gasteiger partial charge on any atom is 0.251 e. The van der Waals surface area contributed by atoms with Crippen LogP contribution in [0, 0.1) is 19.3 Å². The van der Waals surface area contributed by atoms with Crippen molar-refractivity contribution in [3.05, 3.63) is 15.4 Å². The van der Waals surface area contributed by atoms with Crippen molar-refractivity contribution in [3.8, 4) is 12.3 Å². The molecule has 0 saturated heterocycles. The van der Waals surface area contributed by atoms with Crippen LogP contribution < -0.4 is 4.72 Å². The summed E-state index contributed by atoms with van der Waals surface area (Å²) in [5, 5.41) is 0. The van der Waals surface area contributed by atoms with Gasteiger partial charge in [-0.05, 0) is 40.9 Å². The number of halogens is 1. The Bertz CT molecular complexity index is 494. The standard InChI is InChI=1S/C10H12BrNO2S2/c1-4-8(5-2)12-16(13,14)9-6-7(3)10(11)15-9/h1,6,8,12H,5H2,2-3H3. The lowest BCUT2D eigenvalue weighted by atomic mass is 10.3. The van der Waals surface area contributed by atoms with E-state index in [1.165, 1.54) is 11.3 Å². The normalized spacial score (nSPS) is 13.4. The van der Waals surface area contributed by atoms with Crippen molar-refractivity contribution >= 4 is 37.3 Å². The number of hydrogen-bond donors (Lipinski definition) is 1. The van der Waals surface area contributed by atoms with Gasteiger partial charge in [0.25, 0.3) is 10.0 Å². The second-order valence-corrected chi connectivity index (χ2v) is 7.58. The minimum absolute atomic E-state index is 0.283. The van der Waals surface area contributed by atoms with Crippen LogP contribution >= 0.6 is 27.3 Å². The second kappa shape index (κ2) is 5.32. The second-order valence-electron chi connectivity index (χ2n) is 3.27. The van der Waals surface area contributed by atoms with E-state index in [1.807, 2.05) is 13.8 Å². The van der Waals surface area contributed by atoms with E-state index in [0.717, 1.165) is 9.35 Å². The van der Waals surface area contributed by atoms with Gasteiger partial charge in [-0.3, -0.25) is 0 Å². The van der Waals surface area contributed by atoms with Gasteiger partial charge in [0.05, 0.1) is 9.83 Å². The van der Waals surface area contributed by atoms with Crippen LogP contribution in [-0.2, 0) is 10.0 Å². The molecule has 1 aromatic rings. The summed E-state index contributed by atoms with van der Waals surface area (Å²) in [5.74, 6) is 2.40. The van der Waals surface area contributed by atoms with Crippen molar-refractivity contribution in [2.75, 3.05) is 0 Å². The number of rotatable bonds is 4. The molecule has 0 aromatic carbocycles. The highest BCUT2D eigenvalue weighted by molar-refractivity contribution is 9.11. The number of hydrogen-bond acceptors (Lipinski definition) is 3. The SMILES string of the molecule is C#CC(CC)NS(=O)(=O)c1cc(C)c(Br)s1. The van der Waals surface area contributed by atoms with Crippen molar-refractivity contribution in [2.24, 2.45) is 0 Å². The molecule has 1 N–H and O–H groups in total. The highest BCUT2D eigenvalue weighted by Crippen LogP contribution is 2.30. The summed E-state index contributed by atoms with van der Waals surface area (Å²) in [6, 6.07) is 1.17. The van der Waals surface area contributed by atoms with Gasteiger partial charge in [0.2, 0.25) is 0 Å². The van der Waals surface area contributed by atoms with Gasteiger partial charge in [-0.25, -0.2) is 8.42 Å². The lowest BCUT2D eigenvalue weighted by Gasteiger charge is -2.09. The van der Waals surface area contributed by atoms with Crippen LogP contribution in [0.5, 0.6) is 0 Å². The third-order valence-corrected chi connectivity index (χ3v) is 6.09. The molecule has 0 spiro atoms. The predicted octanol–water partition coefficient (Wildman–Crippen LogP) is 2.51. The van der Waals surface area contributed by atoms with Crippen molar-refractivity contribution < 1.29 is 8.42 Å². The maximum absolute atomic E-state index is 11.9. The summed E-state index contributed by atoms with van der Waals surface area (Å²) in [7, 11) is -3.49. The van der Waals surface area contributed by atoms with E-state index in [-0.39, 0.29) is 4.21 Å². The van der Waals surface area contributed by atoms with E-state index in [2.05, 4.69) is 26.6 Å². The highest BCUT2D eigenvalue weighted by Gasteiger charge is 2.20. The summed E-state index contributed by atoms with van der Waals surface area (Å²) in [6.07, 6.45) is 5.79. The van der Waals surface area contributed by atoms with Gasteiger partial charge < -0.3 is 0 Å². The Labute approximate surface area is 108 Å². The molecule has 0 aliphatic rings. The Morgan fingerprint density at radius 1 is 1.69 bits per heavy atom. The van der Waals surface area contributed by atoms with Gasteiger partial charge in [0.15, 0.2) is 0 Å². The highest BCUT2D eigenvalue weighted by atomic mass is 79.9. The minimum Gasteiger partial charge on any atom is -0.206 e. The Balaban J connectivity index is 2.99. The summed E-state index contributed by atoms with van der Waals surface area (Å²) in [4.78, 5) is 0. The maximum atomic E-state index is 11.9. The number of terminal acetylenes is 1. The lowest BCUT2D eigenvalue weighted by Crippen LogP contribution is -2.32. The fourth-order valence-corrected chi connectivity index (χ4v) is 4.53. The van der Waals surface area contributed by atoms with Crippen molar-refractivity contribution in [2.45, 2.75) is 30.5 Å². The van der Waals surface area contributed by atoms with E-state index in [0.29, 0.717) is 6.42 Å². The number of thiophene rings is 1. The van der Waals surface area contributed by atoms with Gasteiger partial charge in [0.1, 0.15) is 4.21 Å².